The van der Waals surface area contributed by atoms with Crippen LogP contribution in [0.5, 0.6) is 0 Å². The normalized spacial score (nSPS) is 16.9. The minimum absolute atomic E-state index is 0.0646. The number of urea groups is 1. The molecule has 110 valence electrons. The van der Waals surface area contributed by atoms with E-state index in [-0.39, 0.29) is 12.1 Å². The molecule has 1 heterocycles. The second-order valence-corrected chi connectivity index (χ2v) is 6.12. The predicted octanol–water partition coefficient (Wildman–Crippen LogP) is 3.08. The smallest absolute Gasteiger partial charge is 0.317 e. The second-order valence-electron chi connectivity index (χ2n) is 5.21. The van der Waals surface area contributed by atoms with E-state index in [1.54, 1.807) is 0 Å². The summed E-state index contributed by atoms with van der Waals surface area (Å²) < 4.78 is 1.09. The van der Waals surface area contributed by atoms with Crippen molar-refractivity contribution in [2.45, 2.75) is 26.3 Å². The molecule has 1 aromatic carbocycles. The van der Waals surface area contributed by atoms with Crippen LogP contribution in [0.4, 0.5) is 10.5 Å². The monoisotopic (exact) mass is 339 g/mol. The van der Waals surface area contributed by atoms with Gasteiger partial charge in [0.1, 0.15) is 0 Å². The highest BCUT2D eigenvalue weighted by atomic mass is 79.9. The van der Waals surface area contributed by atoms with E-state index in [4.69, 9.17) is 0 Å². The molecule has 1 aromatic rings. The fourth-order valence-corrected chi connectivity index (χ4v) is 2.49. The Bertz CT molecular complexity index is 441. The molecule has 1 saturated heterocycles. The zero-order valence-corrected chi connectivity index (χ0v) is 13.7. The number of benzene rings is 1. The predicted molar refractivity (Wildman–Crippen MR) is 86.2 cm³/mol. The van der Waals surface area contributed by atoms with Crippen LogP contribution in [0.1, 0.15) is 20.3 Å². The Balaban J connectivity index is 1.86. The lowest BCUT2D eigenvalue weighted by Crippen LogP contribution is -2.53. The molecule has 0 aromatic heterocycles. The lowest BCUT2D eigenvalue weighted by atomic mass is 10.2. The van der Waals surface area contributed by atoms with E-state index in [2.05, 4.69) is 57.3 Å². The molecule has 0 bridgehead atoms. The molecule has 1 fully saturated rings. The highest BCUT2D eigenvalue weighted by molar-refractivity contribution is 9.10. The summed E-state index contributed by atoms with van der Waals surface area (Å²) in [5.41, 5.74) is 1.22. The van der Waals surface area contributed by atoms with Crippen molar-refractivity contribution in [2.24, 2.45) is 0 Å². The molecule has 0 radical (unpaired) electrons. The quantitative estimate of drug-likeness (QED) is 0.918. The third kappa shape index (κ3) is 3.88. The van der Waals surface area contributed by atoms with Crippen LogP contribution in [0, 0.1) is 0 Å². The van der Waals surface area contributed by atoms with Crippen LogP contribution in [0.3, 0.4) is 0 Å². The molecule has 0 saturated carbocycles. The van der Waals surface area contributed by atoms with Crippen LogP contribution in [-0.4, -0.2) is 43.2 Å². The van der Waals surface area contributed by atoms with Gasteiger partial charge in [-0.2, -0.15) is 0 Å². The summed E-state index contributed by atoms with van der Waals surface area (Å²) >= 11 is 3.45. The minimum Gasteiger partial charge on any atom is -0.368 e. The van der Waals surface area contributed by atoms with Crippen molar-refractivity contribution in [3.63, 3.8) is 0 Å². The summed E-state index contributed by atoms with van der Waals surface area (Å²) in [4.78, 5) is 16.3. The second kappa shape index (κ2) is 6.97. The van der Waals surface area contributed by atoms with Gasteiger partial charge in [-0.3, -0.25) is 0 Å². The number of hydrogen-bond acceptors (Lipinski definition) is 2. The van der Waals surface area contributed by atoms with Crippen LogP contribution < -0.4 is 10.2 Å². The van der Waals surface area contributed by atoms with E-state index >= 15 is 0 Å². The van der Waals surface area contributed by atoms with Gasteiger partial charge in [0.05, 0.1) is 0 Å². The number of piperazine rings is 1. The zero-order valence-electron chi connectivity index (χ0n) is 12.1. The van der Waals surface area contributed by atoms with Crippen molar-refractivity contribution in [3.8, 4) is 0 Å². The van der Waals surface area contributed by atoms with E-state index in [9.17, 15) is 4.79 Å². The number of anilines is 1. The number of hydrogen-bond donors (Lipinski definition) is 1. The number of nitrogens with zero attached hydrogens (tertiary/aromatic N) is 2. The van der Waals surface area contributed by atoms with Crippen molar-refractivity contribution in [2.75, 3.05) is 31.1 Å². The van der Waals surface area contributed by atoms with Crippen LogP contribution in [0.15, 0.2) is 28.7 Å². The zero-order chi connectivity index (χ0) is 14.5. The molecule has 2 amide bonds. The highest BCUT2D eigenvalue weighted by Gasteiger charge is 2.21. The highest BCUT2D eigenvalue weighted by Crippen LogP contribution is 2.19. The Hall–Kier alpha value is -1.23. The minimum atomic E-state index is 0.0646. The number of carbonyl (C=O) groups excluding carboxylic acids is 1. The largest absolute Gasteiger partial charge is 0.368 e. The van der Waals surface area contributed by atoms with Crippen molar-refractivity contribution in [3.05, 3.63) is 28.7 Å². The van der Waals surface area contributed by atoms with Crippen molar-refractivity contribution >= 4 is 27.6 Å². The maximum absolute atomic E-state index is 12.0. The van der Waals surface area contributed by atoms with Crippen LogP contribution in [-0.2, 0) is 0 Å². The van der Waals surface area contributed by atoms with E-state index in [0.29, 0.717) is 0 Å². The molecule has 1 atom stereocenters. The van der Waals surface area contributed by atoms with Crippen LogP contribution in [0.25, 0.3) is 0 Å². The lowest BCUT2D eigenvalue weighted by Gasteiger charge is -2.36. The number of amides is 2. The van der Waals surface area contributed by atoms with Gasteiger partial charge in [-0.15, -0.1) is 0 Å². The lowest BCUT2D eigenvalue weighted by molar-refractivity contribution is 0.191. The number of halogens is 1. The van der Waals surface area contributed by atoms with E-state index in [1.165, 1.54) is 5.69 Å². The summed E-state index contributed by atoms with van der Waals surface area (Å²) in [5.74, 6) is 0. The van der Waals surface area contributed by atoms with E-state index in [1.807, 2.05) is 11.8 Å². The molecule has 1 N–H and O–H groups in total. The maximum Gasteiger partial charge on any atom is 0.317 e. The standard InChI is InChI=1S/C15H22BrN3O/c1-3-12(2)17-15(20)19-10-8-18(9-11-19)14-6-4-13(16)5-7-14/h4-7,12H,3,8-11H2,1-2H3,(H,17,20). The molecular formula is C15H22BrN3O. The fourth-order valence-electron chi connectivity index (χ4n) is 2.22. The van der Waals surface area contributed by atoms with Crippen LogP contribution in [0.2, 0.25) is 0 Å². The van der Waals surface area contributed by atoms with Gasteiger partial charge in [-0.1, -0.05) is 22.9 Å². The number of rotatable bonds is 3. The van der Waals surface area contributed by atoms with Gasteiger partial charge in [-0.05, 0) is 37.6 Å². The van der Waals surface area contributed by atoms with Crippen molar-refractivity contribution in [1.82, 2.24) is 10.2 Å². The molecule has 0 spiro atoms. The van der Waals surface area contributed by atoms with Gasteiger partial charge in [-0.25, -0.2) is 4.79 Å². The van der Waals surface area contributed by atoms with E-state index in [0.717, 1.165) is 37.1 Å². The molecule has 20 heavy (non-hydrogen) atoms. The Kier molecular flexibility index (Phi) is 5.29. The fraction of sp³-hybridized carbons (Fsp3) is 0.533. The first-order valence-electron chi connectivity index (χ1n) is 7.16. The van der Waals surface area contributed by atoms with E-state index < -0.39 is 0 Å². The summed E-state index contributed by atoms with van der Waals surface area (Å²) in [5, 5.41) is 3.02. The maximum atomic E-state index is 12.0. The number of carbonyl (C=O) groups is 1. The Labute approximate surface area is 129 Å². The summed E-state index contributed by atoms with van der Waals surface area (Å²) in [6.07, 6.45) is 0.963. The molecule has 0 aliphatic carbocycles. The molecular weight excluding hydrogens is 318 g/mol. The van der Waals surface area contributed by atoms with Crippen molar-refractivity contribution in [1.29, 1.82) is 0 Å². The Morgan fingerprint density at radius 2 is 1.85 bits per heavy atom. The average Bonchev–Trinajstić information content (AvgIpc) is 2.48. The summed E-state index contributed by atoms with van der Waals surface area (Å²) in [7, 11) is 0. The van der Waals surface area contributed by atoms with Gasteiger partial charge in [0.25, 0.3) is 0 Å². The summed E-state index contributed by atoms with van der Waals surface area (Å²) in [6, 6.07) is 8.63. The third-order valence-electron chi connectivity index (χ3n) is 3.74. The summed E-state index contributed by atoms with van der Waals surface area (Å²) in [6.45, 7) is 7.44. The molecule has 2 rings (SSSR count). The number of nitrogens with one attached hydrogen (secondary N) is 1. The first-order valence-corrected chi connectivity index (χ1v) is 7.95. The van der Waals surface area contributed by atoms with Crippen molar-refractivity contribution < 1.29 is 4.79 Å². The first kappa shape index (κ1) is 15.2. The topological polar surface area (TPSA) is 35.6 Å². The van der Waals surface area contributed by atoms with Crippen LogP contribution >= 0.6 is 15.9 Å². The third-order valence-corrected chi connectivity index (χ3v) is 4.27. The average molecular weight is 340 g/mol. The molecule has 1 unspecified atom stereocenters. The van der Waals surface area contributed by atoms with Gasteiger partial charge in [0, 0.05) is 42.4 Å². The Morgan fingerprint density at radius 1 is 1.25 bits per heavy atom. The molecule has 1 aliphatic heterocycles. The molecule has 5 heteroatoms. The molecule has 4 nitrogen and oxygen atoms in total. The Morgan fingerprint density at radius 3 is 2.40 bits per heavy atom. The first-order chi connectivity index (χ1) is 9.60. The van der Waals surface area contributed by atoms with Gasteiger partial charge in [0.15, 0.2) is 0 Å². The SMILES string of the molecule is CCC(C)NC(=O)N1CCN(c2ccc(Br)cc2)CC1. The molecule has 1 aliphatic rings. The van der Waals surface area contributed by atoms with Gasteiger partial charge in [0.2, 0.25) is 0 Å². The van der Waals surface area contributed by atoms with Gasteiger partial charge >= 0.3 is 6.03 Å². The van der Waals surface area contributed by atoms with Gasteiger partial charge < -0.3 is 15.1 Å².